The molecule has 3 N–H and O–H groups in total. The third-order valence-electron chi connectivity index (χ3n) is 7.98. The molecule has 0 bridgehead atoms. The lowest BCUT2D eigenvalue weighted by Gasteiger charge is -2.46. The zero-order valence-corrected chi connectivity index (χ0v) is 21.5. The Hall–Kier alpha value is -3.81. The fourth-order valence-electron chi connectivity index (χ4n) is 5.91. The molecule has 0 spiro atoms. The van der Waals surface area contributed by atoms with Gasteiger partial charge in [-0.1, -0.05) is 19.1 Å². The molecular formula is C29H34N4O4. The van der Waals surface area contributed by atoms with Crippen molar-refractivity contribution in [2.45, 2.75) is 45.2 Å². The van der Waals surface area contributed by atoms with Crippen LogP contribution >= 0.6 is 0 Å². The van der Waals surface area contributed by atoms with E-state index in [1.807, 2.05) is 35.2 Å². The number of fused-ring (bicyclic) bond motifs is 1. The van der Waals surface area contributed by atoms with Gasteiger partial charge in [0.05, 0.1) is 6.04 Å². The van der Waals surface area contributed by atoms with E-state index in [-0.39, 0.29) is 29.8 Å². The van der Waals surface area contributed by atoms with E-state index in [9.17, 15) is 19.5 Å². The molecule has 2 aliphatic heterocycles. The monoisotopic (exact) mass is 502 g/mol. The number of anilines is 2. The van der Waals surface area contributed by atoms with Crippen LogP contribution in [0.1, 0.15) is 60.6 Å². The summed E-state index contributed by atoms with van der Waals surface area (Å²) in [6.07, 6.45) is 4.01. The third kappa shape index (κ3) is 4.80. The highest BCUT2D eigenvalue weighted by molar-refractivity contribution is 5.95. The minimum absolute atomic E-state index is 0.0262. The van der Waals surface area contributed by atoms with Gasteiger partial charge in [-0.3, -0.25) is 9.59 Å². The summed E-state index contributed by atoms with van der Waals surface area (Å²) < 4.78 is 0. The average Bonchev–Trinajstić information content (AvgIpc) is 3.74. The third-order valence-corrected chi connectivity index (χ3v) is 7.98. The molecule has 3 atom stereocenters. The molecule has 1 aliphatic carbocycles. The molecule has 3 aliphatic rings. The summed E-state index contributed by atoms with van der Waals surface area (Å²) in [5, 5.41) is 15.7. The second-order valence-electron chi connectivity index (χ2n) is 10.3. The molecule has 194 valence electrons. The van der Waals surface area contributed by atoms with Crippen LogP contribution in [0.2, 0.25) is 0 Å². The highest BCUT2D eigenvalue weighted by atomic mass is 16.4. The number of amides is 3. The van der Waals surface area contributed by atoms with Crippen molar-refractivity contribution >= 4 is 34.9 Å². The molecule has 0 saturated heterocycles. The maximum absolute atomic E-state index is 12.9. The van der Waals surface area contributed by atoms with Crippen LogP contribution in [0.15, 0.2) is 48.5 Å². The Morgan fingerprint density at radius 2 is 1.78 bits per heavy atom. The van der Waals surface area contributed by atoms with Gasteiger partial charge >= 0.3 is 6.09 Å². The normalized spacial score (nSPS) is 23.1. The minimum Gasteiger partial charge on any atom is -0.465 e. The van der Waals surface area contributed by atoms with Gasteiger partial charge in [0.25, 0.3) is 5.91 Å². The first-order chi connectivity index (χ1) is 17.8. The van der Waals surface area contributed by atoms with Crippen molar-refractivity contribution < 1.29 is 19.5 Å². The van der Waals surface area contributed by atoms with Crippen molar-refractivity contribution in [3.63, 3.8) is 0 Å². The lowest BCUT2D eigenvalue weighted by molar-refractivity contribution is -0.117. The van der Waals surface area contributed by atoms with E-state index in [0.717, 1.165) is 40.9 Å². The quantitative estimate of drug-likeness (QED) is 0.548. The SMILES string of the molecule is CNC(=O)c1ccc(N[C@H]2c3cc(C4=CCN(C(=O)O)CC4)ccc3N(C(C)=O)[C@@H](C3CC3)[C@@H]2C)cc1. The first kappa shape index (κ1) is 24.9. The number of nitrogens with one attached hydrogen (secondary N) is 2. The molecule has 3 amide bonds. The standard InChI is InChI=1S/C29H34N4O4/c1-17-26(31-23-9-6-21(7-10-23)28(35)30-3)24-16-22(19-12-14-32(15-13-19)29(36)37)8-11-25(24)33(18(2)34)27(17)20-4-5-20/h6-12,16-17,20,26-27,31H,4-5,13-15H2,1-3H3,(H,30,35)(H,36,37)/t17-,26-,27-/m1/s1. The predicted octanol–water partition coefficient (Wildman–Crippen LogP) is 4.75. The fraction of sp³-hybridized carbons (Fsp3) is 0.414. The van der Waals surface area contributed by atoms with Crippen LogP contribution in [0.4, 0.5) is 16.2 Å². The molecule has 1 fully saturated rings. The van der Waals surface area contributed by atoms with Crippen molar-refractivity contribution in [2.24, 2.45) is 11.8 Å². The second-order valence-corrected chi connectivity index (χ2v) is 10.3. The van der Waals surface area contributed by atoms with Gasteiger partial charge in [-0.15, -0.1) is 0 Å². The molecule has 8 heteroatoms. The maximum atomic E-state index is 12.9. The largest absolute Gasteiger partial charge is 0.465 e. The van der Waals surface area contributed by atoms with Crippen LogP contribution in [-0.2, 0) is 4.79 Å². The number of carbonyl (C=O) groups excluding carboxylic acids is 2. The summed E-state index contributed by atoms with van der Waals surface area (Å²) in [7, 11) is 1.62. The smallest absolute Gasteiger partial charge is 0.407 e. The first-order valence-corrected chi connectivity index (χ1v) is 13.0. The minimum atomic E-state index is -0.899. The highest BCUT2D eigenvalue weighted by Crippen LogP contribution is 2.50. The Balaban J connectivity index is 1.53. The predicted molar refractivity (Wildman–Crippen MR) is 144 cm³/mol. The molecule has 5 rings (SSSR count). The fourth-order valence-corrected chi connectivity index (χ4v) is 5.91. The Bertz CT molecular complexity index is 1250. The number of carboxylic acid groups (broad SMARTS) is 1. The average molecular weight is 503 g/mol. The van der Waals surface area contributed by atoms with E-state index in [4.69, 9.17) is 0 Å². The molecule has 1 saturated carbocycles. The van der Waals surface area contributed by atoms with Crippen LogP contribution in [0.25, 0.3) is 5.57 Å². The van der Waals surface area contributed by atoms with Crippen LogP contribution in [0.5, 0.6) is 0 Å². The van der Waals surface area contributed by atoms with Crippen molar-refractivity contribution in [3.8, 4) is 0 Å². The number of benzene rings is 2. The number of hydrogen-bond donors (Lipinski definition) is 3. The highest BCUT2D eigenvalue weighted by Gasteiger charge is 2.47. The summed E-state index contributed by atoms with van der Waals surface area (Å²) in [5.41, 5.74) is 5.71. The molecule has 2 heterocycles. The van der Waals surface area contributed by atoms with E-state index in [0.29, 0.717) is 31.0 Å². The Morgan fingerprint density at radius 1 is 1.05 bits per heavy atom. The van der Waals surface area contributed by atoms with Crippen LogP contribution < -0.4 is 15.5 Å². The van der Waals surface area contributed by atoms with E-state index < -0.39 is 6.09 Å². The van der Waals surface area contributed by atoms with Crippen molar-refractivity contribution in [2.75, 3.05) is 30.4 Å². The molecular weight excluding hydrogens is 468 g/mol. The lowest BCUT2D eigenvalue weighted by atomic mass is 9.78. The zero-order valence-electron chi connectivity index (χ0n) is 21.5. The second kappa shape index (κ2) is 9.92. The van der Waals surface area contributed by atoms with Crippen LogP contribution in [0.3, 0.4) is 0 Å². The molecule has 8 nitrogen and oxygen atoms in total. The molecule has 0 unspecified atom stereocenters. The topological polar surface area (TPSA) is 102 Å². The van der Waals surface area contributed by atoms with Crippen molar-refractivity contribution in [1.29, 1.82) is 0 Å². The van der Waals surface area contributed by atoms with Crippen molar-refractivity contribution in [1.82, 2.24) is 10.2 Å². The molecule has 0 aromatic heterocycles. The number of nitrogens with zero attached hydrogens (tertiary/aromatic N) is 2. The Labute approximate surface area is 217 Å². The van der Waals surface area contributed by atoms with Gasteiger partial charge in [-0.25, -0.2) is 4.79 Å². The van der Waals surface area contributed by atoms with Crippen molar-refractivity contribution in [3.05, 3.63) is 65.2 Å². The summed E-state index contributed by atoms with van der Waals surface area (Å²) in [4.78, 5) is 39.7. The molecule has 2 aromatic carbocycles. The van der Waals surface area contributed by atoms with Gasteiger partial charge in [-0.05, 0) is 78.3 Å². The maximum Gasteiger partial charge on any atom is 0.407 e. The molecule has 0 radical (unpaired) electrons. The molecule has 37 heavy (non-hydrogen) atoms. The van der Waals surface area contributed by atoms with Gasteiger partial charge in [0.2, 0.25) is 5.91 Å². The van der Waals surface area contributed by atoms with E-state index >= 15 is 0 Å². The summed E-state index contributed by atoms with van der Waals surface area (Å²) in [6, 6.07) is 13.9. The summed E-state index contributed by atoms with van der Waals surface area (Å²) in [5.74, 6) is 0.594. The number of hydrogen-bond acceptors (Lipinski definition) is 4. The van der Waals surface area contributed by atoms with Gasteiger partial charge in [0.1, 0.15) is 0 Å². The van der Waals surface area contributed by atoms with Gasteiger partial charge in [-0.2, -0.15) is 0 Å². The number of rotatable bonds is 5. The Morgan fingerprint density at radius 3 is 2.35 bits per heavy atom. The van der Waals surface area contributed by atoms with E-state index in [1.165, 1.54) is 4.90 Å². The number of carbonyl (C=O) groups is 3. The molecule has 2 aromatic rings. The Kier molecular flexibility index (Phi) is 6.67. The summed E-state index contributed by atoms with van der Waals surface area (Å²) >= 11 is 0. The van der Waals surface area contributed by atoms with E-state index in [1.54, 1.807) is 14.0 Å². The van der Waals surface area contributed by atoms with E-state index in [2.05, 4.69) is 35.8 Å². The zero-order chi connectivity index (χ0) is 26.3. The van der Waals surface area contributed by atoms with Gasteiger partial charge in [0, 0.05) is 56.0 Å². The first-order valence-electron chi connectivity index (χ1n) is 13.0. The van der Waals surface area contributed by atoms with Gasteiger partial charge in [0.15, 0.2) is 0 Å². The van der Waals surface area contributed by atoms with Crippen LogP contribution in [-0.4, -0.2) is 54.1 Å². The van der Waals surface area contributed by atoms with Gasteiger partial charge < -0.3 is 25.5 Å². The lowest BCUT2D eigenvalue weighted by Crippen LogP contribution is -2.51. The summed E-state index contributed by atoms with van der Waals surface area (Å²) in [6.45, 7) is 4.71. The van der Waals surface area contributed by atoms with Crippen LogP contribution in [0, 0.1) is 11.8 Å².